The van der Waals surface area contributed by atoms with Gasteiger partial charge in [0.2, 0.25) is 0 Å². The lowest BCUT2D eigenvalue weighted by molar-refractivity contribution is -0.138. The van der Waals surface area contributed by atoms with Crippen molar-refractivity contribution < 1.29 is 27.5 Å². The van der Waals surface area contributed by atoms with Crippen LogP contribution in [-0.4, -0.2) is 17.6 Å². The first-order valence-corrected chi connectivity index (χ1v) is 6.69. The summed E-state index contributed by atoms with van der Waals surface area (Å²) in [6.45, 7) is -0.0315. The second-order valence-electron chi connectivity index (χ2n) is 4.81. The SMILES string of the molecule is O=C(Nc1ccc(CCO)cc1)c1ccc(F)cc1C(F)(F)F. The van der Waals surface area contributed by atoms with Gasteiger partial charge in [-0.25, -0.2) is 4.39 Å². The molecule has 0 aliphatic rings. The first-order chi connectivity index (χ1) is 10.8. The highest BCUT2D eigenvalue weighted by molar-refractivity contribution is 6.05. The van der Waals surface area contributed by atoms with Crippen molar-refractivity contribution in [2.45, 2.75) is 12.6 Å². The summed E-state index contributed by atoms with van der Waals surface area (Å²) in [6, 6.07) is 8.20. The molecule has 3 nitrogen and oxygen atoms in total. The molecule has 23 heavy (non-hydrogen) atoms. The Bertz CT molecular complexity index is 696. The standard InChI is InChI=1S/C16H13F4NO2/c17-11-3-6-13(14(9-11)16(18,19)20)15(23)21-12-4-1-10(2-5-12)7-8-22/h1-6,9,22H,7-8H2,(H,21,23). The zero-order valence-corrected chi connectivity index (χ0v) is 11.8. The van der Waals surface area contributed by atoms with Gasteiger partial charge in [0.1, 0.15) is 5.82 Å². The molecule has 0 aromatic heterocycles. The second kappa shape index (κ2) is 6.78. The highest BCUT2D eigenvalue weighted by Gasteiger charge is 2.35. The lowest BCUT2D eigenvalue weighted by Gasteiger charge is -2.13. The fourth-order valence-electron chi connectivity index (χ4n) is 2.03. The molecule has 122 valence electrons. The molecule has 0 spiro atoms. The number of nitrogens with one attached hydrogen (secondary N) is 1. The maximum Gasteiger partial charge on any atom is 0.417 e. The molecule has 2 aromatic carbocycles. The zero-order valence-electron chi connectivity index (χ0n) is 11.8. The Morgan fingerprint density at radius 2 is 1.74 bits per heavy atom. The number of aliphatic hydroxyl groups excluding tert-OH is 1. The number of rotatable bonds is 4. The third-order valence-corrected chi connectivity index (χ3v) is 3.14. The molecule has 0 saturated carbocycles. The highest BCUT2D eigenvalue weighted by atomic mass is 19.4. The smallest absolute Gasteiger partial charge is 0.396 e. The van der Waals surface area contributed by atoms with E-state index in [-0.39, 0.29) is 6.61 Å². The van der Waals surface area contributed by atoms with Gasteiger partial charge in [-0.2, -0.15) is 13.2 Å². The summed E-state index contributed by atoms with van der Waals surface area (Å²) in [7, 11) is 0. The molecule has 0 heterocycles. The average Bonchev–Trinajstić information content (AvgIpc) is 2.48. The van der Waals surface area contributed by atoms with Crippen molar-refractivity contribution in [3.63, 3.8) is 0 Å². The Hall–Kier alpha value is -2.41. The lowest BCUT2D eigenvalue weighted by atomic mass is 10.1. The van der Waals surface area contributed by atoms with Crippen LogP contribution in [0.3, 0.4) is 0 Å². The van der Waals surface area contributed by atoms with Gasteiger partial charge in [0.15, 0.2) is 0 Å². The summed E-state index contributed by atoms with van der Waals surface area (Å²) in [5.41, 5.74) is -0.859. The summed E-state index contributed by atoms with van der Waals surface area (Å²) >= 11 is 0. The van der Waals surface area contributed by atoms with Crippen LogP contribution < -0.4 is 5.32 Å². The third kappa shape index (κ3) is 4.29. The number of aliphatic hydroxyl groups is 1. The van der Waals surface area contributed by atoms with E-state index < -0.39 is 29.0 Å². The van der Waals surface area contributed by atoms with Crippen molar-refractivity contribution in [3.05, 3.63) is 65.0 Å². The summed E-state index contributed by atoms with van der Waals surface area (Å²) in [6.07, 6.45) is -4.40. The van der Waals surface area contributed by atoms with Crippen LogP contribution in [0.1, 0.15) is 21.5 Å². The van der Waals surface area contributed by atoms with Crippen LogP contribution in [-0.2, 0) is 12.6 Å². The maximum absolute atomic E-state index is 13.0. The van der Waals surface area contributed by atoms with Crippen LogP contribution in [0.4, 0.5) is 23.2 Å². The quantitative estimate of drug-likeness (QED) is 0.843. The summed E-state index contributed by atoms with van der Waals surface area (Å²) in [4.78, 5) is 12.0. The fourth-order valence-corrected chi connectivity index (χ4v) is 2.03. The van der Waals surface area contributed by atoms with Crippen LogP contribution in [0.2, 0.25) is 0 Å². The molecule has 0 aliphatic heterocycles. The van der Waals surface area contributed by atoms with Gasteiger partial charge in [0.05, 0.1) is 11.1 Å². The van der Waals surface area contributed by atoms with Crippen molar-refractivity contribution in [3.8, 4) is 0 Å². The van der Waals surface area contributed by atoms with Crippen molar-refractivity contribution in [2.24, 2.45) is 0 Å². The lowest BCUT2D eigenvalue weighted by Crippen LogP contribution is -2.19. The van der Waals surface area contributed by atoms with Crippen LogP contribution in [0.25, 0.3) is 0 Å². The van der Waals surface area contributed by atoms with Gasteiger partial charge >= 0.3 is 6.18 Å². The Morgan fingerprint density at radius 3 is 2.30 bits per heavy atom. The Kier molecular flexibility index (Phi) is 5.00. The number of anilines is 1. The summed E-state index contributed by atoms with van der Waals surface area (Å²) in [5, 5.41) is 11.1. The molecule has 0 aliphatic carbocycles. The maximum atomic E-state index is 13.0. The number of carbonyl (C=O) groups excluding carboxylic acids is 1. The minimum atomic E-state index is -4.83. The molecular weight excluding hydrogens is 314 g/mol. The van der Waals surface area contributed by atoms with Crippen LogP contribution >= 0.6 is 0 Å². The van der Waals surface area contributed by atoms with E-state index in [0.29, 0.717) is 18.2 Å². The van der Waals surface area contributed by atoms with Gasteiger partial charge in [-0.15, -0.1) is 0 Å². The number of benzene rings is 2. The van der Waals surface area contributed by atoms with Gasteiger partial charge in [0.25, 0.3) is 5.91 Å². The summed E-state index contributed by atoms with van der Waals surface area (Å²) in [5.74, 6) is -2.05. The van der Waals surface area contributed by atoms with Gasteiger partial charge < -0.3 is 10.4 Å². The predicted molar refractivity (Wildman–Crippen MR) is 76.6 cm³/mol. The van der Waals surface area contributed by atoms with Crippen molar-refractivity contribution >= 4 is 11.6 Å². The molecule has 0 unspecified atom stereocenters. The monoisotopic (exact) mass is 327 g/mol. The van der Waals surface area contributed by atoms with Gasteiger partial charge in [-0.05, 0) is 42.3 Å². The molecule has 7 heteroatoms. The number of hydrogen-bond acceptors (Lipinski definition) is 2. The molecular formula is C16H13F4NO2. The van der Waals surface area contributed by atoms with E-state index >= 15 is 0 Å². The van der Waals surface area contributed by atoms with E-state index in [9.17, 15) is 22.4 Å². The number of halogens is 4. The molecule has 2 N–H and O–H groups in total. The number of hydrogen-bond donors (Lipinski definition) is 2. The average molecular weight is 327 g/mol. The second-order valence-corrected chi connectivity index (χ2v) is 4.81. The highest BCUT2D eigenvalue weighted by Crippen LogP contribution is 2.32. The number of alkyl halides is 3. The minimum Gasteiger partial charge on any atom is -0.396 e. The fraction of sp³-hybridized carbons (Fsp3) is 0.188. The van der Waals surface area contributed by atoms with E-state index in [4.69, 9.17) is 5.11 Å². The van der Waals surface area contributed by atoms with E-state index in [2.05, 4.69) is 5.32 Å². The Morgan fingerprint density at radius 1 is 1.09 bits per heavy atom. The number of amides is 1. The Labute approximate surface area is 129 Å². The first-order valence-electron chi connectivity index (χ1n) is 6.69. The third-order valence-electron chi connectivity index (χ3n) is 3.14. The van der Waals surface area contributed by atoms with Crippen LogP contribution in [0.5, 0.6) is 0 Å². The first kappa shape index (κ1) is 17.0. The van der Waals surface area contributed by atoms with Crippen molar-refractivity contribution in [1.29, 1.82) is 0 Å². The van der Waals surface area contributed by atoms with Crippen molar-refractivity contribution in [1.82, 2.24) is 0 Å². The van der Waals surface area contributed by atoms with E-state index in [0.717, 1.165) is 17.7 Å². The molecule has 0 radical (unpaired) electrons. The zero-order chi connectivity index (χ0) is 17.0. The molecule has 0 bridgehead atoms. The molecule has 0 fully saturated rings. The van der Waals surface area contributed by atoms with Crippen molar-refractivity contribution in [2.75, 3.05) is 11.9 Å². The van der Waals surface area contributed by atoms with Gasteiger partial charge in [-0.1, -0.05) is 12.1 Å². The topological polar surface area (TPSA) is 49.3 Å². The predicted octanol–water partition coefficient (Wildman–Crippen LogP) is 3.63. The van der Waals surface area contributed by atoms with Gasteiger partial charge in [0, 0.05) is 12.3 Å². The normalized spacial score (nSPS) is 11.3. The largest absolute Gasteiger partial charge is 0.417 e. The minimum absolute atomic E-state index is 0.0315. The molecule has 0 atom stereocenters. The molecule has 1 amide bonds. The van der Waals surface area contributed by atoms with E-state index in [1.807, 2.05) is 0 Å². The van der Waals surface area contributed by atoms with E-state index in [1.165, 1.54) is 12.1 Å². The number of carbonyl (C=O) groups is 1. The van der Waals surface area contributed by atoms with Gasteiger partial charge in [-0.3, -0.25) is 4.79 Å². The molecule has 2 aromatic rings. The van der Waals surface area contributed by atoms with E-state index in [1.54, 1.807) is 12.1 Å². The molecule has 2 rings (SSSR count). The van der Waals surface area contributed by atoms with Crippen LogP contribution in [0.15, 0.2) is 42.5 Å². The molecule has 0 saturated heterocycles. The Balaban J connectivity index is 2.24. The van der Waals surface area contributed by atoms with Crippen LogP contribution in [0, 0.1) is 5.82 Å². The summed E-state index contributed by atoms with van der Waals surface area (Å²) < 4.78 is 51.7.